The van der Waals surface area contributed by atoms with Gasteiger partial charge in [-0.3, -0.25) is 14.5 Å². The molecule has 7 heteroatoms. The van der Waals surface area contributed by atoms with Crippen molar-refractivity contribution in [3.8, 4) is 17.0 Å². The van der Waals surface area contributed by atoms with Gasteiger partial charge in [0, 0.05) is 23.9 Å². The maximum absolute atomic E-state index is 10.9. The molecule has 26 heavy (non-hydrogen) atoms. The van der Waals surface area contributed by atoms with Crippen LogP contribution in [0.5, 0.6) is 5.75 Å². The van der Waals surface area contributed by atoms with Gasteiger partial charge in [0.25, 0.3) is 5.69 Å². The summed E-state index contributed by atoms with van der Waals surface area (Å²) in [5.41, 5.74) is 2.91. The average Bonchev–Trinajstić information content (AvgIpc) is 3.19. The first-order valence-corrected chi connectivity index (χ1v) is 9.26. The fraction of sp³-hybridized carbons (Fsp3) is 0.211. The van der Waals surface area contributed by atoms with E-state index in [0.717, 1.165) is 51.6 Å². The molecule has 0 atom stereocenters. The molecule has 132 valence electrons. The zero-order valence-corrected chi connectivity index (χ0v) is 15.0. The number of nitro groups is 1. The Hall–Kier alpha value is -2.93. The summed E-state index contributed by atoms with van der Waals surface area (Å²) in [6.45, 7) is 2.87. The summed E-state index contributed by atoms with van der Waals surface area (Å²) in [7, 11) is 0. The minimum atomic E-state index is -0.377. The molecule has 0 fully saturated rings. The highest BCUT2D eigenvalue weighted by Crippen LogP contribution is 2.32. The minimum Gasteiger partial charge on any atom is -0.494 e. The molecule has 0 bridgehead atoms. The van der Waals surface area contributed by atoms with Gasteiger partial charge in [-0.05, 0) is 36.8 Å². The summed E-state index contributed by atoms with van der Waals surface area (Å²) in [6.07, 6.45) is 4.12. The van der Waals surface area contributed by atoms with Crippen LogP contribution in [-0.4, -0.2) is 20.9 Å². The van der Waals surface area contributed by atoms with Crippen LogP contribution in [0.4, 0.5) is 5.69 Å². The number of ether oxygens (including phenoxy) is 1. The molecule has 0 radical (unpaired) electrons. The summed E-state index contributed by atoms with van der Waals surface area (Å²) < 4.78 is 8.52. The summed E-state index contributed by atoms with van der Waals surface area (Å²) in [5.74, 6) is 0.862. The van der Waals surface area contributed by atoms with Crippen molar-refractivity contribution in [3.63, 3.8) is 0 Å². The number of benzene rings is 2. The predicted octanol–water partition coefficient (Wildman–Crippen LogP) is 5.30. The summed E-state index contributed by atoms with van der Waals surface area (Å²) in [4.78, 5) is 16.0. The lowest BCUT2D eigenvalue weighted by Gasteiger charge is -2.05. The number of non-ortho nitro benzene ring substituents is 1. The Bertz CT molecular complexity index is 1080. The van der Waals surface area contributed by atoms with Gasteiger partial charge in [0.1, 0.15) is 5.75 Å². The number of imidazole rings is 1. The standard InChI is InChI=1S/C19H17N3O3S/c1-2-3-10-25-15-7-4-13(5-8-15)16-12-21-17-9-6-14(22(23)24)11-18(17)26-19(21)20-16/h4-9,11-12H,2-3,10H2,1H3. The van der Waals surface area contributed by atoms with Gasteiger partial charge in [0.15, 0.2) is 4.96 Å². The van der Waals surface area contributed by atoms with E-state index in [4.69, 9.17) is 4.74 Å². The Kier molecular flexibility index (Phi) is 4.30. The van der Waals surface area contributed by atoms with Crippen LogP contribution < -0.4 is 4.74 Å². The molecule has 0 aliphatic rings. The number of hydrogen-bond acceptors (Lipinski definition) is 5. The molecule has 2 aromatic carbocycles. The minimum absolute atomic E-state index is 0.0980. The Morgan fingerprint density at radius 3 is 2.77 bits per heavy atom. The first-order chi connectivity index (χ1) is 12.7. The molecule has 4 rings (SSSR count). The first kappa shape index (κ1) is 16.5. The SMILES string of the molecule is CCCCOc1ccc(-c2cn3c(n2)sc2cc([N+](=O)[O-])ccc23)cc1. The molecule has 0 aliphatic carbocycles. The summed E-state index contributed by atoms with van der Waals surface area (Å²) in [6, 6.07) is 12.8. The van der Waals surface area contributed by atoms with Crippen molar-refractivity contribution in [2.75, 3.05) is 6.61 Å². The van der Waals surface area contributed by atoms with Crippen LogP contribution in [0.2, 0.25) is 0 Å². The lowest BCUT2D eigenvalue weighted by Crippen LogP contribution is -1.95. The third-order valence-corrected chi connectivity index (χ3v) is 5.22. The number of fused-ring (bicyclic) bond motifs is 3. The van der Waals surface area contributed by atoms with Crippen LogP contribution in [0.25, 0.3) is 26.4 Å². The van der Waals surface area contributed by atoms with E-state index in [1.807, 2.05) is 34.9 Å². The van der Waals surface area contributed by atoms with Crippen molar-refractivity contribution in [3.05, 3.63) is 58.8 Å². The summed E-state index contributed by atoms with van der Waals surface area (Å²) in [5, 5.41) is 10.9. The number of thiazole rings is 1. The number of unbranched alkanes of at least 4 members (excludes halogenated alkanes) is 1. The van der Waals surface area contributed by atoms with Crippen molar-refractivity contribution in [2.24, 2.45) is 0 Å². The molecule has 0 saturated carbocycles. The fourth-order valence-electron chi connectivity index (χ4n) is 2.80. The van der Waals surface area contributed by atoms with Gasteiger partial charge in [-0.25, -0.2) is 4.98 Å². The van der Waals surface area contributed by atoms with E-state index in [0.29, 0.717) is 0 Å². The first-order valence-electron chi connectivity index (χ1n) is 8.45. The molecule has 0 aliphatic heterocycles. The average molecular weight is 367 g/mol. The Balaban J connectivity index is 1.64. The van der Waals surface area contributed by atoms with Gasteiger partial charge in [0.05, 0.1) is 27.4 Å². The highest BCUT2D eigenvalue weighted by molar-refractivity contribution is 7.23. The van der Waals surface area contributed by atoms with Crippen molar-refractivity contribution >= 4 is 32.2 Å². The second-order valence-corrected chi connectivity index (χ2v) is 7.03. The third-order valence-electron chi connectivity index (χ3n) is 4.21. The van der Waals surface area contributed by atoms with Gasteiger partial charge < -0.3 is 4.74 Å². The lowest BCUT2D eigenvalue weighted by atomic mass is 10.1. The molecule has 0 N–H and O–H groups in total. The largest absolute Gasteiger partial charge is 0.494 e. The van der Waals surface area contributed by atoms with Crippen molar-refractivity contribution in [1.29, 1.82) is 0 Å². The molecule has 0 amide bonds. The number of nitrogens with zero attached hydrogens (tertiary/aromatic N) is 3. The van der Waals surface area contributed by atoms with E-state index in [1.54, 1.807) is 12.1 Å². The lowest BCUT2D eigenvalue weighted by molar-refractivity contribution is -0.384. The van der Waals surface area contributed by atoms with E-state index < -0.39 is 0 Å². The zero-order valence-electron chi connectivity index (χ0n) is 14.2. The van der Waals surface area contributed by atoms with E-state index in [-0.39, 0.29) is 10.6 Å². The number of aromatic nitrogens is 2. The highest BCUT2D eigenvalue weighted by Gasteiger charge is 2.13. The fourth-order valence-corrected chi connectivity index (χ4v) is 3.84. The molecule has 2 heterocycles. The summed E-state index contributed by atoms with van der Waals surface area (Å²) >= 11 is 1.45. The smallest absolute Gasteiger partial charge is 0.270 e. The van der Waals surface area contributed by atoms with Crippen LogP contribution >= 0.6 is 11.3 Å². The Morgan fingerprint density at radius 1 is 1.23 bits per heavy atom. The molecule has 2 aromatic heterocycles. The molecule has 4 aromatic rings. The van der Waals surface area contributed by atoms with Crippen molar-refractivity contribution in [2.45, 2.75) is 19.8 Å². The predicted molar refractivity (Wildman–Crippen MR) is 103 cm³/mol. The van der Waals surface area contributed by atoms with E-state index in [9.17, 15) is 10.1 Å². The quantitative estimate of drug-likeness (QED) is 0.263. The van der Waals surface area contributed by atoms with Crippen LogP contribution in [0, 0.1) is 10.1 Å². The van der Waals surface area contributed by atoms with Gasteiger partial charge in [-0.2, -0.15) is 0 Å². The molecular weight excluding hydrogens is 350 g/mol. The molecular formula is C19H17N3O3S. The number of rotatable bonds is 6. The van der Waals surface area contributed by atoms with Gasteiger partial charge in [-0.1, -0.05) is 24.7 Å². The van der Waals surface area contributed by atoms with Gasteiger partial charge in [-0.15, -0.1) is 0 Å². The highest BCUT2D eigenvalue weighted by atomic mass is 32.1. The van der Waals surface area contributed by atoms with Gasteiger partial charge in [0.2, 0.25) is 0 Å². The Labute approximate surface area is 153 Å². The molecule has 0 spiro atoms. The second-order valence-electron chi connectivity index (χ2n) is 6.02. The van der Waals surface area contributed by atoms with Crippen LogP contribution in [0.1, 0.15) is 19.8 Å². The van der Waals surface area contributed by atoms with Crippen molar-refractivity contribution in [1.82, 2.24) is 9.38 Å². The van der Waals surface area contributed by atoms with Crippen LogP contribution in [-0.2, 0) is 0 Å². The Morgan fingerprint density at radius 2 is 2.04 bits per heavy atom. The monoisotopic (exact) mass is 367 g/mol. The van der Waals surface area contributed by atoms with Crippen LogP contribution in [0.3, 0.4) is 0 Å². The molecule has 0 unspecified atom stereocenters. The second kappa shape index (κ2) is 6.76. The molecule has 6 nitrogen and oxygen atoms in total. The van der Waals surface area contributed by atoms with E-state index >= 15 is 0 Å². The van der Waals surface area contributed by atoms with E-state index in [1.165, 1.54) is 17.4 Å². The number of nitro benzene ring substituents is 1. The normalized spacial score (nSPS) is 11.3. The topological polar surface area (TPSA) is 69.7 Å². The maximum Gasteiger partial charge on any atom is 0.270 e. The maximum atomic E-state index is 10.9. The third kappa shape index (κ3) is 3.01. The zero-order chi connectivity index (χ0) is 18.1. The molecule has 0 saturated heterocycles. The van der Waals surface area contributed by atoms with E-state index in [2.05, 4.69) is 11.9 Å². The van der Waals surface area contributed by atoms with Crippen molar-refractivity contribution < 1.29 is 9.66 Å². The van der Waals surface area contributed by atoms with Gasteiger partial charge >= 0.3 is 0 Å². The van der Waals surface area contributed by atoms with Crippen LogP contribution in [0.15, 0.2) is 48.7 Å². The number of hydrogen-bond donors (Lipinski definition) is 0.